The van der Waals surface area contributed by atoms with Gasteiger partial charge in [0.05, 0.1) is 29.1 Å². The highest BCUT2D eigenvalue weighted by molar-refractivity contribution is 7.92. The number of nitrogens with zero attached hydrogens (tertiary/aromatic N) is 2. The van der Waals surface area contributed by atoms with Crippen molar-refractivity contribution in [2.24, 2.45) is 0 Å². The van der Waals surface area contributed by atoms with E-state index in [4.69, 9.17) is 4.74 Å². The highest BCUT2D eigenvalue weighted by Gasteiger charge is 2.35. The number of ether oxygens (including phenoxy) is 1. The maximum Gasteiger partial charge on any atom is 0.293 e. The molecular weight excluding hydrogens is 332 g/mol. The number of anilines is 1. The van der Waals surface area contributed by atoms with E-state index in [1.165, 1.54) is 30.3 Å². The quantitative estimate of drug-likeness (QED) is 0.454. The molecule has 8 heteroatoms. The molecule has 0 aromatic heterocycles. The lowest BCUT2D eigenvalue weighted by Crippen LogP contribution is -2.35. The van der Waals surface area contributed by atoms with Crippen molar-refractivity contribution in [2.75, 3.05) is 17.5 Å². The summed E-state index contributed by atoms with van der Waals surface area (Å²) in [6.07, 6.45) is -0.245. The maximum absolute atomic E-state index is 13.0. The van der Waals surface area contributed by atoms with Gasteiger partial charge in [-0.1, -0.05) is 29.8 Å². The van der Waals surface area contributed by atoms with Gasteiger partial charge in [-0.2, -0.15) is 0 Å². The van der Waals surface area contributed by atoms with Gasteiger partial charge < -0.3 is 4.74 Å². The van der Waals surface area contributed by atoms with Gasteiger partial charge >= 0.3 is 0 Å². The Morgan fingerprint density at radius 1 is 1.21 bits per heavy atom. The Morgan fingerprint density at radius 2 is 1.83 bits per heavy atom. The molecule has 1 atom stereocenters. The average molecular weight is 348 g/mol. The van der Waals surface area contributed by atoms with Crippen molar-refractivity contribution < 1.29 is 18.1 Å². The van der Waals surface area contributed by atoms with Crippen LogP contribution in [0, 0.1) is 17.0 Å². The lowest BCUT2D eigenvalue weighted by atomic mass is 10.2. The first kappa shape index (κ1) is 16.4. The monoisotopic (exact) mass is 348 g/mol. The fourth-order valence-corrected chi connectivity index (χ4v) is 3.86. The third kappa shape index (κ3) is 3.24. The summed E-state index contributed by atoms with van der Waals surface area (Å²) < 4.78 is 32.3. The van der Waals surface area contributed by atoms with Crippen LogP contribution in [0.15, 0.2) is 53.4 Å². The van der Waals surface area contributed by atoms with Crippen LogP contribution in [0.2, 0.25) is 0 Å². The Kier molecular flexibility index (Phi) is 4.25. The predicted octanol–water partition coefficient (Wildman–Crippen LogP) is 2.50. The molecule has 0 unspecified atom stereocenters. The van der Waals surface area contributed by atoms with Crippen molar-refractivity contribution in [1.82, 2.24) is 0 Å². The van der Waals surface area contributed by atoms with Crippen molar-refractivity contribution >= 4 is 21.4 Å². The number of aryl methyl sites for hydroxylation is 1. The minimum atomic E-state index is -3.93. The Morgan fingerprint density at radius 3 is 2.42 bits per heavy atom. The highest BCUT2D eigenvalue weighted by Crippen LogP contribution is 2.33. The van der Waals surface area contributed by atoms with Gasteiger partial charge in [-0.25, -0.2) is 8.42 Å². The van der Waals surface area contributed by atoms with E-state index in [0.29, 0.717) is 6.61 Å². The Hall–Kier alpha value is -2.45. The van der Waals surface area contributed by atoms with Crippen molar-refractivity contribution in [3.8, 4) is 0 Å². The van der Waals surface area contributed by atoms with Crippen molar-refractivity contribution in [3.63, 3.8) is 0 Å². The number of epoxide rings is 1. The van der Waals surface area contributed by atoms with Gasteiger partial charge in [0.15, 0.2) is 0 Å². The molecule has 126 valence electrons. The summed E-state index contributed by atoms with van der Waals surface area (Å²) in [4.78, 5) is 10.8. The molecule has 24 heavy (non-hydrogen) atoms. The van der Waals surface area contributed by atoms with E-state index < -0.39 is 14.9 Å². The molecule has 0 saturated carbocycles. The van der Waals surface area contributed by atoms with Crippen LogP contribution in [0.4, 0.5) is 11.4 Å². The molecule has 2 aromatic rings. The fourth-order valence-electron chi connectivity index (χ4n) is 2.35. The van der Waals surface area contributed by atoms with Gasteiger partial charge in [-0.3, -0.25) is 14.4 Å². The molecule has 2 aromatic carbocycles. The van der Waals surface area contributed by atoms with Crippen LogP contribution in [0.1, 0.15) is 5.56 Å². The van der Waals surface area contributed by atoms with Crippen LogP contribution in [-0.4, -0.2) is 32.6 Å². The average Bonchev–Trinajstić information content (AvgIpc) is 3.37. The predicted molar refractivity (Wildman–Crippen MR) is 88.5 cm³/mol. The topological polar surface area (TPSA) is 93.1 Å². The molecule has 7 nitrogen and oxygen atoms in total. The van der Waals surface area contributed by atoms with E-state index in [2.05, 4.69) is 0 Å². The summed E-state index contributed by atoms with van der Waals surface area (Å²) in [5.74, 6) is 0. The highest BCUT2D eigenvalue weighted by atomic mass is 32.2. The van der Waals surface area contributed by atoms with Crippen LogP contribution >= 0.6 is 0 Å². The molecule has 0 spiro atoms. The molecule has 0 amide bonds. The van der Waals surface area contributed by atoms with Crippen LogP contribution in [0.5, 0.6) is 0 Å². The second kappa shape index (κ2) is 6.21. The molecule has 0 radical (unpaired) electrons. The maximum atomic E-state index is 13.0. The normalized spacial score (nSPS) is 16.6. The number of sulfonamides is 1. The molecule has 1 saturated heterocycles. The smallest absolute Gasteiger partial charge is 0.293 e. The van der Waals surface area contributed by atoms with Gasteiger partial charge in [0.25, 0.3) is 15.7 Å². The molecule has 0 bridgehead atoms. The summed E-state index contributed by atoms with van der Waals surface area (Å²) in [6.45, 7) is 2.34. The summed E-state index contributed by atoms with van der Waals surface area (Å²) in [5, 5.41) is 11.3. The number of hydrogen-bond acceptors (Lipinski definition) is 5. The molecule has 3 rings (SSSR count). The Bertz CT molecular complexity index is 860. The van der Waals surface area contributed by atoms with Gasteiger partial charge in [0, 0.05) is 6.07 Å². The van der Waals surface area contributed by atoms with Crippen LogP contribution < -0.4 is 4.31 Å². The van der Waals surface area contributed by atoms with Gasteiger partial charge in [-0.05, 0) is 25.1 Å². The van der Waals surface area contributed by atoms with E-state index >= 15 is 0 Å². The summed E-state index contributed by atoms with van der Waals surface area (Å²) in [7, 11) is -3.93. The van der Waals surface area contributed by atoms with Gasteiger partial charge in [0.1, 0.15) is 5.69 Å². The molecular formula is C16H16N2O5S. The summed E-state index contributed by atoms with van der Waals surface area (Å²) in [6, 6.07) is 12.2. The van der Waals surface area contributed by atoms with E-state index in [1.54, 1.807) is 18.2 Å². The van der Waals surface area contributed by atoms with Crippen LogP contribution in [0.25, 0.3) is 0 Å². The Labute approximate surface area is 139 Å². The first-order valence-electron chi connectivity index (χ1n) is 7.34. The number of hydrogen-bond donors (Lipinski definition) is 0. The van der Waals surface area contributed by atoms with Crippen molar-refractivity contribution in [2.45, 2.75) is 17.9 Å². The number of nitro groups is 1. The Balaban J connectivity index is 2.10. The fraction of sp³-hybridized carbons (Fsp3) is 0.250. The lowest BCUT2D eigenvalue weighted by molar-refractivity contribution is -0.384. The first-order chi connectivity index (χ1) is 11.4. The van der Waals surface area contributed by atoms with Crippen LogP contribution in [0.3, 0.4) is 0 Å². The van der Waals surface area contributed by atoms with Gasteiger partial charge in [-0.15, -0.1) is 0 Å². The van der Waals surface area contributed by atoms with Crippen molar-refractivity contribution in [1.29, 1.82) is 0 Å². The summed E-state index contributed by atoms with van der Waals surface area (Å²) >= 11 is 0. The number of benzene rings is 2. The minimum Gasteiger partial charge on any atom is -0.371 e. The first-order valence-corrected chi connectivity index (χ1v) is 8.78. The molecule has 0 N–H and O–H groups in total. The second-order valence-electron chi connectivity index (χ2n) is 5.55. The van der Waals surface area contributed by atoms with Crippen LogP contribution in [-0.2, 0) is 14.8 Å². The molecule has 0 aliphatic carbocycles. The van der Waals surface area contributed by atoms with E-state index in [1.807, 2.05) is 6.92 Å². The zero-order valence-corrected chi connectivity index (χ0v) is 13.8. The number of para-hydroxylation sites is 2. The number of nitro benzene ring substituents is 1. The SMILES string of the molecule is Cc1ccc(S(=O)(=O)N(C[C@H]2CO2)c2ccccc2[N+](=O)[O-])cc1. The minimum absolute atomic E-state index is 0.0403. The molecule has 1 heterocycles. The standard InChI is InChI=1S/C16H16N2O5S/c1-12-6-8-14(9-7-12)24(21,22)17(10-13-11-23-13)15-4-2-3-5-16(15)18(19)20/h2-9,13H,10-11H2,1H3/t13-/m0/s1. The second-order valence-corrected chi connectivity index (χ2v) is 7.41. The summed E-state index contributed by atoms with van der Waals surface area (Å²) in [5.41, 5.74) is 0.712. The van der Waals surface area contributed by atoms with E-state index in [0.717, 1.165) is 9.87 Å². The van der Waals surface area contributed by atoms with Crippen molar-refractivity contribution in [3.05, 3.63) is 64.2 Å². The van der Waals surface area contributed by atoms with E-state index in [9.17, 15) is 18.5 Å². The zero-order chi connectivity index (χ0) is 17.3. The number of rotatable bonds is 6. The molecule has 1 fully saturated rings. The zero-order valence-electron chi connectivity index (χ0n) is 13.0. The lowest BCUT2D eigenvalue weighted by Gasteiger charge is -2.23. The van der Waals surface area contributed by atoms with E-state index in [-0.39, 0.29) is 28.9 Å². The van der Waals surface area contributed by atoms with Gasteiger partial charge in [0.2, 0.25) is 0 Å². The third-order valence-electron chi connectivity index (χ3n) is 3.73. The molecule has 1 aliphatic rings. The largest absolute Gasteiger partial charge is 0.371 e. The molecule has 1 aliphatic heterocycles. The third-order valence-corrected chi connectivity index (χ3v) is 5.52.